The van der Waals surface area contributed by atoms with Gasteiger partial charge in [0.1, 0.15) is 0 Å². The van der Waals surface area contributed by atoms with Crippen LogP contribution < -0.4 is 5.32 Å². The molecule has 0 radical (unpaired) electrons. The zero-order chi connectivity index (χ0) is 14.9. The highest BCUT2D eigenvalue weighted by molar-refractivity contribution is 5.35. The van der Waals surface area contributed by atoms with Gasteiger partial charge in [-0.15, -0.1) is 0 Å². The predicted octanol–water partition coefficient (Wildman–Crippen LogP) is 3.79. The van der Waals surface area contributed by atoms with E-state index in [0.29, 0.717) is 17.4 Å². The van der Waals surface area contributed by atoms with E-state index in [0.717, 1.165) is 13.1 Å². The fourth-order valence-electron chi connectivity index (χ4n) is 3.95. The van der Waals surface area contributed by atoms with Crippen molar-refractivity contribution < 1.29 is 0 Å². The predicted molar refractivity (Wildman–Crippen MR) is 85.2 cm³/mol. The fourth-order valence-corrected chi connectivity index (χ4v) is 3.95. The van der Waals surface area contributed by atoms with Crippen LogP contribution in [0.1, 0.15) is 69.8 Å². The largest absolute Gasteiger partial charge is 0.313 e. The second kappa shape index (κ2) is 5.88. The summed E-state index contributed by atoms with van der Waals surface area (Å²) in [5.74, 6) is 0.669. The normalized spacial score (nSPS) is 29.5. The van der Waals surface area contributed by atoms with E-state index in [4.69, 9.17) is 5.10 Å². The average Bonchev–Trinajstić information content (AvgIpc) is 2.72. The van der Waals surface area contributed by atoms with E-state index in [-0.39, 0.29) is 0 Å². The van der Waals surface area contributed by atoms with Gasteiger partial charge in [-0.1, -0.05) is 20.8 Å². The van der Waals surface area contributed by atoms with Crippen molar-refractivity contribution in [2.45, 2.75) is 79.3 Å². The zero-order valence-corrected chi connectivity index (χ0v) is 14.1. The standard InChI is InChI=1S/C17H31N3/c1-7-10-18-15-11-14(17(15,6)8-2)16-12(4)19-20(9-3)13(16)5/h14-15,18H,7-11H2,1-6H3. The lowest BCUT2D eigenvalue weighted by Crippen LogP contribution is -2.57. The Morgan fingerprint density at radius 1 is 1.30 bits per heavy atom. The molecular formula is C17H31N3. The highest BCUT2D eigenvalue weighted by atomic mass is 15.3. The van der Waals surface area contributed by atoms with Gasteiger partial charge in [0.25, 0.3) is 0 Å². The summed E-state index contributed by atoms with van der Waals surface area (Å²) < 4.78 is 2.16. The van der Waals surface area contributed by atoms with Crippen molar-refractivity contribution in [2.24, 2.45) is 5.41 Å². The molecule has 0 saturated heterocycles. The number of aryl methyl sites for hydroxylation is 2. The van der Waals surface area contributed by atoms with E-state index in [1.807, 2.05) is 0 Å². The maximum absolute atomic E-state index is 4.71. The van der Waals surface area contributed by atoms with Crippen molar-refractivity contribution >= 4 is 0 Å². The average molecular weight is 277 g/mol. The van der Waals surface area contributed by atoms with Gasteiger partial charge in [-0.05, 0) is 63.5 Å². The molecular weight excluding hydrogens is 246 g/mol. The van der Waals surface area contributed by atoms with Crippen LogP contribution in [0.25, 0.3) is 0 Å². The second-order valence-corrected chi connectivity index (χ2v) is 6.55. The molecule has 0 spiro atoms. The summed E-state index contributed by atoms with van der Waals surface area (Å²) in [4.78, 5) is 0. The van der Waals surface area contributed by atoms with Gasteiger partial charge >= 0.3 is 0 Å². The van der Waals surface area contributed by atoms with Crippen LogP contribution in [0, 0.1) is 19.3 Å². The third-order valence-corrected chi connectivity index (χ3v) is 5.55. The molecule has 3 atom stereocenters. The van der Waals surface area contributed by atoms with E-state index in [2.05, 4.69) is 51.5 Å². The van der Waals surface area contributed by atoms with Gasteiger partial charge in [0.05, 0.1) is 5.69 Å². The Kier molecular flexibility index (Phi) is 4.58. The Balaban J connectivity index is 2.24. The van der Waals surface area contributed by atoms with Gasteiger partial charge in [-0.25, -0.2) is 0 Å². The molecule has 1 heterocycles. The molecule has 3 nitrogen and oxygen atoms in total. The first-order valence-corrected chi connectivity index (χ1v) is 8.26. The first-order chi connectivity index (χ1) is 9.49. The van der Waals surface area contributed by atoms with Gasteiger partial charge in [0.2, 0.25) is 0 Å². The fraction of sp³-hybridized carbons (Fsp3) is 0.824. The Bertz CT molecular complexity index is 463. The minimum Gasteiger partial charge on any atom is -0.313 e. The molecule has 2 rings (SSSR count). The molecule has 3 heteroatoms. The smallest absolute Gasteiger partial charge is 0.0631 e. The number of aromatic nitrogens is 2. The molecule has 3 unspecified atom stereocenters. The molecule has 1 aromatic heterocycles. The topological polar surface area (TPSA) is 29.9 Å². The summed E-state index contributed by atoms with van der Waals surface area (Å²) in [6, 6.07) is 0.668. The molecule has 0 bridgehead atoms. The van der Waals surface area contributed by atoms with Crippen LogP contribution >= 0.6 is 0 Å². The first kappa shape index (κ1) is 15.6. The van der Waals surface area contributed by atoms with E-state index in [1.165, 1.54) is 36.2 Å². The highest BCUT2D eigenvalue weighted by Crippen LogP contribution is 2.56. The van der Waals surface area contributed by atoms with Crippen molar-refractivity contribution in [3.05, 3.63) is 17.0 Å². The number of hydrogen-bond acceptors (Lipinski definition) is 2. The Hall–Kier alpha value is -0.830. The minimum absolute atomic E-state index is 0.381. The first-order valence-electron chi connectivity index (χ1n) is 8.26. The van der Waals surface area contributed by atoms with E-state index < -0.39 is 0 Å². The molecule has 20 heavy (non-hydrogen) atoms. The lowest BCUT2D eigenvalue weighted by molar-refractivity contribution is 0.0438. The van der Waals surface area contributed by atoms with Crippen LogP contribution in [0.4, 0.5) is 0 Å². The van der Waals surface area contributed by atoms with Crippen LogP contribution in [0.5, 0.6) is 0 Å². The van der Waals surface area contributed by atoms with Crippen molar-refractivity contribution in [1.29, 1.82) is 0 Å². The molecule has 1 aliphatic carbocycles. The molecule has 1 aromatic rings. The van der Waals surface area contributed by atoms with Gasteiger partial charge < -0.3 is 5.32 Å². The number of nitrogens with zero attached hydrogens (tertiary/aromatic N) is 2. The number of rotatable bonds is 6. The second-order valence-electron chi connectivity index (χ2n) is 6.55. The lowest BCUT2D eigenvalue weighted by atomic mass is 9.53. The van der Waals surface area contributed by atoms with Gasteiger partial charge in [-0.3, -0.25) is 4.68 Å². The summed E-state index contributed by atoms with van der Waals surface area (Å²) in [6.45, 7) is 15.7. The van der Waals surface area contributed by atoms with E-state index in [1.54, 1.807) is 0 Å². The monoisotopic (exact) mass is 277 g/mol. The minimum atomic E-state index is 0.381. The Morgan fingerprint density at radius 3 is 2.50 bits per heavy atom. The summed E-state index contributed by atoms with van der Waals surface area (Å²) in [6.07, 6.45) is 3.71. The third-order valence-electron chi connectivity index (χ3n) is 5.55. The van der Waals surface area contributed by atoms with E-state index in [9.17, 15) is 0 Å². The zero-order valence-electron chi connectivity index (χ0n) is 14.1. The summed E-state index contributed by atoms with van der Waals surface area (Å²) in [5, 5.41) is 8.46. The summed E-state index contributed by atoms with van der Waals surface area (Å²) >= 11 is 0. The van der Waals surface area contributed by atoms with Crippen molar-refractivity contribution in [3.63, 3.8) is 0 Å². The molecule has 1 saturated carbocycles. The van der Waals surface area contributed by atoms with Crippen molar-refractivity contribution in [2.75, 3.05) is 6.54 Å². The third kappa shape index (κ3) is 2.30. The van der Waals surface area contributed by atoms with Crippen LogP contribution in [0.2, 0.25) is 0 Å². The molecule has 1 aliphatic rings. The number of hydrogen-bond donors (Lipinski definition) is 1. The Labute approximate surface area is 124 Å². The number of nitrogens with one attached hydrogen (secondary N) is 1. The van der Waals surface area contributed by atoms with Gasteiger partial charge in [0, 0.05) is 18.3 Å². The molecule has 1 N–H and O–H groups in total. The SMILES string of the molecule is CCCNC1CC(c2c(C)nn(CC)c2C)C1(C)CC. The highest BCUT2D eigenvalue weighted by Gasteiger charge is 2.51. The Morgan fingerprint density at radius 2 is 2.00 bits per heavy atom. The molecule has 0 amide bonds. The van der Waals surface area contributed by atoms with Crippen LogP contribution in [-0.4, -0.2) is 22.4 Å². The van der Waals surface area contributed by atoms with Gasteiger partial charge in [0.15, 0.2) is 0 Å². The van der Waals surface area contributed by atoms with Gasteiger partial charge in [-0.2, -0.15) is 5.10 Å². The van der Waals surface area contributed by atoms with Crippen LogP contribution in [0.3, 0.4) is 0 Å². The van der Waals surface area contributed by atoms with Crippen molar-refractivity contribution in [3.8, 4) is 0 Å². The lowest BCUT2D eigenvalue weighted by Gasteiger charge is -2.55. The molecule has 0 aromatic carbocycles. The van der Waals surface area contributed by atoms with E-state index >= 15 is 0 Å². The maximum atomic E-state index is 4.71. The van der Waals surface area contributed by atoms with Crippen molar-refractivity contribution in [1.82, 2.24) is 15.1 Å². The van der Waals surface area contributed by atoms with Crippen LogP contribution in [0.15, 0.2) is 0 Å². The maximum Gasteiger partial charge on any atom is 0.0631 e. The molecule has 114 valence electrons. The molecule has 1 fully saturated rings. The quantitative estimate of drug-likeness (QED) is 0.857. The van der Waals surface area contributed by atoms with Crippen LogP contribution in [-0.2, 0) is 6.54 Å². The summed E-state index contributed by atoms with van der Waals surface area (Å²) in [7, 11) is 0. The molecule has 0 aliphatic heterocycles. The summed E-state index contributed by atoms with van der Waals surface area (Å²) in [5.41, 5.74) is 4.52.